The van der Waals surface area contributed by atoms with Crippen LogP contribution in [0.25, 0.3) is 0 Å². The van der Waals surface area contributed by atoms with Crippen molar-refractivity contribution in [3.8, 4) is 5.75 Å². The molecule has 0 N–H and O–H groups in total. The van der Waals surface area contributed by atoms with Crippen LogP contribution in [0.3, 0.4) is 0 Å². The maximum atomic E-state index is 12.9. The number of ether oxygens (including phenoxy) is 1. The number of halogens is 2. The molecule has 0 atom stereocenters. The molecule has 0 bridgehead atoms. The SMILES string of the molecule is Cc1cc(F)ccc1COc1ccc(I)cc1. The molecule has 0 spiro atoms. The van der Waals surface area contributed by atoms with Gasteiger partial charge in [-0.05, 0) is 77.0 Å². The van der Waals surface area contributed by atoms with Crippen LogP contribution in [-0.4, -0.2) is 0 Å². The summed E-state index contributed by atoms with van der Waals surface area (Å²) in [4.78, 5) is 0. The molecule has 0 radical (unpaired) electrons. The second-order valence-corrected chi connectivity index (χ2v) is 5.06. The van der Waals surface area contributed by atoms with E-state index in [0.29, 0.717) is 6.61 Å². The standard InChI is InChI=1S/C14H12FIO/c1-10-8-12(15)3-2-11(10)9-17-14-6-4-13(16)5-7-14/h2-8H,9H2,1H3. The van der Waals surface area contributed by atoms with Crippen molar-refractivity contribution in [3.05, 3.63) is 63.0 Å². The van der Waals surface area contributed by atoms with Crippen molar-refractivity contribution >= 4 is 22.6 Å². The van der Waals surface area contributed by atoms with E-state index in [1.54, 1.807) is 6.07 Å². The molecule has 17 heavy (non-hydrogen) atoms. The number of hydrogen-bond acceptors (Lipinski definition) is 1. The van der Waals surface area contributed by atoms with Crippen LogP contribution in [0.5, 0.6) is 5.75 Å². The van der Waals surface area contributed by atoms with Gasteiger partial charge in [0.1, 0.15) is 18.2 Å². The molecule has 0 saturated heterocycles. The molecule has 0 aliphatic heterocycles. The zero-order chi connectivity index (χ0) is 12.3. The highest BCUT2D eigenvalue weighted by molar-refractivity contribution is 14.1. The normalized spacial score (nSPS) is 10.3. The summed E-state index contributed by atoms with van der Waals surface area (Å²) >= 11 is 2.25. The van der Waals surface area contributed by atoms with E-state index in [0.717, 1.165) is 16.9 Å². The Morgan fingerprint density at radius 3 is 2.47 bits per heavy atom. The predicted octanol–water partition coefficient (Wildman–Crippen LogP) is 4.32. The lowest BCUT2D eigenvalue weighted by molar-refractivity contribution is 0.305. The summed E-state index contributed by atoms with van der Waals surface area (Å²) < 4.78 is 19.7. The van der Waals surface area contributed by atoms with Crippen molar-refractivity contribution in [2.45, 2.75) is 13.5 Å². The van der Waals surface area contributed by atoms with E-state index in [2.05, 4.69) is 22.6 Å². The number of hydrogen-bond donors (Lipinski definition) is 0. The molecular weight excluding hydrogens is 330 g/mol. The van der Waals surface area contributed by atoms with Crippen LogP contribution < -0.4 is 4.74 Å². The van der Waals surface area contributed by atoms with Gasteiger partial charge in [0.15, 0.2) is 0 Å². The highest BCUT2D eigenvalue weighted by atomic mass is 127. The summed E-state index contributed by atoms with van der Waals surface area (Å²) in [6, 6.07) is 12.6. The van der Waals surface area contributed by atoms with Crippen molar-refractivity contribution in [2.24, 2.45) is 0 Å². The Kier molecular flexibility index (Phi) is 3.99. The highest BCUT2D eigenvalue weighted by Gasteiger charge is 2.01. The average molecular weight is 342 g/mol. The van der Waals surface area contributed by atoms with Gasteiger partial charge >= 0.3 is 0 Å². The van der Waals surface area contributed by atoms with Crippen molar-refractivity contribution in [2.75, 3.05) is 0 Å². The maximum absolute atomic E-state index is 12.9. The van der Waals surface area contributed by atoms with Crippen molar-refractivity contribution in [3.63, 3.8) is 0 Å². The fourth-order valence-corrected chi connectivity index (χ4v) is 1.87. The molecular formula is C14H12FIO. The maximum Gasteiger partial charge on any atom is 0.123 e. The number of rotatable bonds is 3. The molecule has 0 aliphatic rings. The Morgan fingerprint density at radius 1 is 1.12 bits per heavy atom. The third kappa shape index (κ3) is 3.43. The van der Waals surface area contributed by atoms with Crippen LogP contribution in [0.4, 0.5) is 4.39 Å². The van der Waals surface area contributed by atoms with E-state index in [4.69, 9.17) is 4.74 Å². The molecule has 2 rings (SSSR count). The van der Waals surface area contributed by atoms with Gasteiger partial charge in [-0.25, -0.2) is 4.39 Å². The zero-order valence-electron chi connectivity index (χ0n) is 9.41. The second kappa shape index (κ2) is 5.49. The number of benzene rings is 2. The van der Waals surface area contributed by atoms with Gasteiger partial charge in [-0.3, -0.25) is 0 Å². The van der Waals surface area contributed by atoms with Crippen LogP contribution in [0.2, 0.25) is 0 Å². The van der Waals surface area contributed by atoms with E-state index in [9.17, 15) is 4.39 Å². The lowest BCUT2D eigenvalue weighted by atomic mass is 10.1. The predicted molar refractivity (Wildman–Crippen MR) is 74.6 cm³/mol. The van der Waals surface area contributed by atoms with E-state index < -0.39 is 0 Å². The van der Waals surface area contributed by atoms with E-state index in [1.807, 2.05) is 31.2 Å². The van der Waals surface area contributed by atoms with Gasteiger partial charge in [0.25, 0.3) is 0 Å². The van der Waals surface area contributed by atoms with E-state index in [-0.39, 0.29) is 5.82 Å². The summed E-state index contributed by atoms with van der Waals surface area (Å²) in [5.74, 6) is 0.620. The molecule has 2 aromatic carbocycles. The van der Waals surface area contributed by atoms with Crippen LogP contribution >= 0.6 is 22.6 Å². The zero-order valence-corrected chi connectivity index (χ0v) is 11.6. The smallest absolute Gasteiger partial charge is 0.123 e. The molecule has 0 aliphatic carbocycles. The first-order valence-corrected chi connectivity index (χ1v) is 6.36. The first kappa shape index (κ1) is 12.4. The summed E-state index contributed by atoms with van der Waals surface area (Å²) in [7, 11) is 0. The molecule has 0 aromatic heterocycles. The molecule has 2 aromatic rings. The molecule has 0 amide bonds. The van der Waals surface area contributed by atoms with Gasteiger partial charge in [-0.1, -0.05) is 6.07 Å². The summed E-state index contributed by atoms with van der Waals surface area (Å²) in [5.41, 5.74) is 1.92. The minimum atomic E-state index is -0.208. The van der Waals surface area contributed by atoms with Crippen LogP contribution in [0.1, 0.15) is 11.1 Å². The van der Waals surface area contributed by atoms with Gasteiger partial charge in [-0.2, -0.15) is 0 Å². The van der Waals surface area contributed by atoms with Gasteiger partial charge in [0.2, 0.25) is 0 Å². The fraction of sp³-hybridized carbons (Fsp3) is 0.143. The minimum Gasteiger partial charge on any atom is -0.489 e. The fourth-order valence-electron chi connectivity index (χ4n) is 1.51. The van der Waals surface area contributed by atoms with Gasteiger partial charge < -0.3 is 4.74 Å². The lowest BCUT2D eigenvalue weighted by Crippen LogP contribution is -1.98. The summed E-state index contributed by atoms with van der Waals surface area (Å²) in [5, 5.41) is 0. The topological polar surface area (TPSA) is 9.23 Å². The van der Waals surface area contributed by atoms with Crippen molar-refractivity contribution in [1.82, 2.24) is 0 Å². The van der Waals surface area contributed by atoms with Gasteiger partial charge in [-0.15, -0.1) is 0 Å². The van der Waals surface area contributed by atoms with E-state index >= 15 is 0 Å². The Hall–Kier alpha value is -1.10. The first-order chi connectivity index (χ1) is 8.15. The third-order valence-electron chi connectivity index (χ3n) is 2.51. The Morgan fingerprint density at radius 2 is 1.82 bits per heavy atom. The monoisotopic (exact) mass is 342 g/mol. The Bertz CT molecular complexity index is 508. The number of aryl methyl sites for hydroxylation is 1. The summed E-state index contributed by atoms with van der Waals surface area (Å²) in [6.07, 6.45) is 0. The summed E-state index contributed by atoms with van der Waals surface area (Å²) in [6.45, 7) is 2.35. The molecule has 0 unspecified atom stereocenters. The molecule has 0 saturated carbocycles. The van der Waals surface area contributed by atoms with Crippen LogP contribution in [-0.2, 0) is 6.61 Å². The third-order valence-corrected chi connectivity index (χ3v) is 3.23. The average Bonchev–Trinajstić information content (AvgIpc) is 2.30. The molecule has 1 nitrogen and oxygen atoms in total. The second-order valence-electron chi connectivity index (χ2n) is 3.81. The van der Waals surface area contributed by atoms with E-state index in [1.165, 1.54) is 15.7 Å². The largest absolute Gasteiger partial charge is 0.489 e. The minimum absolute atomic E-state index is 0.208. The molecule has 0 fully saturated rings. The van der Waals surface area contributed by atoms with Crippen LogP contribution in [0.15, 0.2) is 42.5 Å². The molecule has 0 heterocycles. The van der Waals surface area contributed by atoms with Crippen molar-refractivity contribution in [1.29, 1.82) is 0 Å². The van der Waals surface area contributed by atoms with Crippen molar-refractivity contribution < 1.29 is 9.13 Å². The lowest BCUT2D eigenvalue weighted by Gasteiger charge is -2.08. The van der Waals surface area contributed by atoms with Gasteiger partial charge in [0.05, 0.1) is 0 Å². The van der Waals surface area contributed by atoms with Crippen LogP contribution in [0, 0.1) is 16.3 Å². The molecule has 3 heteroatoms. The van der Waals surface area contributed by atoms with Gasteiger partial charge in [0, 0.05) is 3.57 Å². The highest BCUT2D eigenvalue weighted by Crippen LogP contribution is 2.17. The Balaban J connectivity index is 2.04. The quantitative estimate of drug-likeness (QED) is 0.755. The molecule has 88 valence electrons. The Labute approximate surface area is 114 Å². The first-order valence-electron chi connectivity index (χ1n) is 5.28.